The van der Waals surface area contributed by atoms with Crippen LogP contribution in [0.3, 0.4) is 0 Å². The molecule has 1 aliphatic heterocycles. The van der Waals surface area contributed by atoms with E-state index in [1.54, 1.807) is 20.2 Å². The number of likely N-dealkylation sites (N-methyl/N-ethyl adjacent to an activating group) is 1. The Labute approximate surface area is 175 Å². The van der Waals surface area contributed by atoms with Crippen LogP contribution >= 0.6 is 0 Å². The zero-order valence-corrected chi connectivity index (χ0v) is 17.4. The predicted octanol–water partition coefficient (Wildman–Crippen LogP) is 2.48. The molecular formula is C22H27FN4O3. The number of nitrogens with zero attached hydrogens (tertiary/aromatic N) is 2. The summed E-state index contributed by atoms with van der Waals surface area (Å²) in [5.74, 6) is 1.27. The molecule has 0 aliphatic carbocycles. The minimum atomic E-state index is -0.386. The molecule has 0 saturated heterocycles. The van der Waals surface area contributed by atoms with E-state index in [4.69, 9.17) is 9.47 Å². The van der Waals surface area contributed by atoms with Crippen LogP contribution in [0.1, 0.15) is 23.6 Å². The fraction of sp³-hybridized carbons (Fsp3) is 0.364. The smallest absolute Gasteiger partial charge is 0.241 e. The highest BCUT2D eigenvalue weighted by Crippen LogP contribution is 2.31. The molecule has 0 aromatic heterocycles. The number of hydrogen-bond donors (Lipinski definition) is 2. The van der Waals surface area contributed by atoms with Crippen molar-refractivity contribution in [1.29, 1.82) is 0 Å². The number of guanidine groups is 1. The number of aliphatic imine (C=N–C) groups is 1. The van der Waals surface area contributed by atoms with Crippen molar-refractivity contribution in [2.45, 2.75) is 19.0 Å². The van der Waals surface area contributed by atoms with Gasteiger partial charge in [0, 0.05) is 32.1 Å². The number of benzene rings is 2. The average Bonchev–Trinajstić information content (AvgIpc) is 2.75. The predicted molar refractivity (Wildman–Crippen MR) is 113 cm³/mol. The Bertz CT molecular complexity index is 917. The van der Waals surface area contributed by atoms with Crippen molar-refractivity contribution in [2.75, 3.05) is 34.4 Å². The van der Waals surface area contributed by atoms with Crippen molar-refractivity contribution >= 4 is 11.9 Å². The maximum absolute atomic E-state index is 13.8. The first-order valence-electron chi connectivity index (χ1n) is 9.76. The monoisotopic (exact) mass is 414 g/mol. The molecule has 0 saturated carbocycles. The van der Waals surface area contributed by atoms with Crippen LogP contribution in [-0.4, -0.2) is 51.1 Å². The summed E-state index contributed by atoms with van der Waals surface area (Å²) in [5.41, 5.74) is 1.70. The van der Waals surface area contributed by atoms with Gasteiger partial charge in [-0.3, -0.25) is 4.79 Å². The van der Waals surface area contributed by atoms with Gasteiger partial charge in [-0.25, -0.2) is 9.38 Å². The quantitative estimate of drug-likeness (QED) is 0.561. The maximum Gasteiger partial charge on any atom is 0.241 e. The number of rotatable bonds is 6. The molecule has 2 aromatic rings. The van der Waals surface area contributed by atoms with E-state index >= 15 is 0 Å². The van der Waals surface area contributed by atoms with E-state index in [0.717, 1.165) is 17.7 Å². The number of methoxy groups -OCH3 is 1. The average molecular weight is 414 g/mol. The first kappa shape index (κ1) is 21.4. The van der Waals surface area contributed by atoms with Crippen molar-refractivity contribution in [2.24, 2.45) is 4.99 Å². The van der Waals surface area contributed by atoms with Crippen LogP contribution in [0.5, 0.6) is 11.5 Å². The van der Waals surface area contributed by atoms with Gasteiger partial charge < -0.3 is 25.0 Å². The highest BCUT2D eigenvalue weighted by molar-refractivity contribution is 5.86. The molecule has 3 rings (SSSR count). The molecule has 1 heterocycles. The maximum atomic E-state index is 13.8. The van der Waals surface area contributed by atoms with Crippen LogP contribution in [0, 0.1) is 5.82 Å². The summed E-state index contributed by atoms with van der Waals surface area (Å²) in [6, 6.07) is 12.3. The van der Waals surface area contributed by atoms with E-state index < -0.39 is 0 Å². The fourth-order valence-electron chi connectivity index (χ4n) is 3.13. The molecule has 7 nitrogen and oxygen atoms in total. The minimum Gasteiger partial charge on any atom is -0.497 e. The second-order valence-corrected chi connectivity index (χ2v) is 7.18. The van der Waals surface area contributed by atoms with Crippen molar-refractivity contribution in [3.63, 3.8) is 0 Å². The molecule has 2 N–H and O–H groups in total. The number of halogens is 1. The molecule has 8 heteroatoms. The van der Waals surface area contributed by atoms with Crippen LogP contribution in [0.2, 0.25) is 0 Å². The van der Waals surface area contributed by atoms with E-state index in [1.165, 1.54) is 24.1 Å². The second kappa shape index (κ2) is 9.96. The highest BCUT2D eigenvalue weighted by Gasteiger charge is 2.22. The topological polar surface area (TPSA) is 75.2 Å². The summed E-state index contributed by atoms with van der Waals surface area (Å²) in [6.07, 6.45) is 0.757. The first-order valence-corrected chi connectivity index (χ1v) is 9.76. The molecule has 1 aliphatic rings. The summed E-state index contributed by atoms with van der Waals surface area (Å²) < 4.78 is 24.6. The van der Waals surface area contributed by atoms with Crippen molar-refractivity contribution in [3.8, 4) is 11.5 Å². The number of amides is 1. The number of carbonyl (C=O) groups excluding carboxylic acids is 1. The molecule has 30 heavy (non-hydrogen) atoms. The minimum absolute atomic E-state index is 0.0160. The first-order chi connectivity index (χ1) is 14.5. The summed E-state index contributed by atoms with van der Waals surface area (Å²) in [4.78, 5) is 18.1. The molecule has 0 spiro atoms. The van der Waals surface area contributed by atoms with Gasteiger partial charge >= 0.3 is 0 Å². The van der Waals surface area contributed by atoms with Gasteiger partial charge in [-0.15, -0.1) is 0 Å². The van der Waals surface area contributed by atoms with Gasteiger partial charge in [-0.1, -0.05) is 18.2 Å². The molecule has 1 atom stereocenters. The third-order valence-electron chi connectivity index (χ3n) is 4.76. The third kappa shape index (κ3) is 5.62. The van der Waals surface area contributed by atoms with Crippen molar-refractivity contribution in [1.82, 2.24) is 15.5 Å². The number of ether oxygens (including phenoxy) is 2. The molecule has 0 bridgehead atoms. The molecule has 1 unspecified atom stereocenters. The fourth-order valence-corrected chi connectivity index (χ4v) is 3.13. The number of carbonyl (C=O) groups is 1. The lowest BCUT2D eigenvalue weighted by Crippen LogP contribution is -2.45. The highest BCUT2D eigenvalue weighted by atomic mass is 19.1. The standard InChI is InChI=1S/C22H27FN4O3/c1-27(2)21(28)14-25-22(24-13-15-10-16(23)12-17(11-15)29-3)26-19-8-9-30-20-7-5-4-6-18(19)20/h4-7,10-12,19H,8-9,13-14H2,1-3H3,(H2,24,25,26). The van der Waals surface area contributed by atoms with Gasteiger partial charge in [-0.2, -0.15) is 0 Å². The Balaban J connectivity index is 1.79. The van der Waals surface area contributed by atoms with Gasteiger partial charge in [0.2, 0.25) is 5.91 Å². The summed E-state index contributed by atoms with van der Waals surface area (Å²) in [6.45, 7) is 0.903. The van der Waals surface area contributed by atoms with Gasteiger partial charge in [0.1, 0.15) is 17.3 Å². The van der Waals surface area contributed by atoms with E-state index in [9.17, 15) is 9.18 Å². The Morgan fingerprint density at radius 3 is 2.87 bits per heavy atom. The number of hydrogen-bond acceptors (Lipinski definition) is 4. The lowest BCUT2D eigenvalue weighted by Gasteiger charge is -2.28. The number of fused-ring (bicyclic) bond motifs is 1. The molecule has 1 amide bonds. The van der Waals surface area contributed by atoms with Gasteiger partial charge in [0.15, 0.2) is 5.96 Å². The summed E-state index contributed by atoms with van der Waals surface area (Å²) in [5, 5.41) is 6.46. The largest absolute Gasteiger partial charge is 0.497 e. The number of nitrogens with one attached hydrogen (secondary N) is 2. The van der Waals surface area contributed by atoms with Crippen molar-refractivity contribution in [3.05, 3.63) is 59.4 Å². The van der Waals surface area contributed by atoms with Crippen LogP contribution in [0.4, 0.5) is 4.39 Å². The van der Waals surface area contributed by atoms with Gasteiger partial charge in [0.05, 0.1) is 32.8 Å². The summed E-state index contributed by atoms with van der Waals surface area (Å²) >= 11 is 0. The van der Waals surface area contributed by atoms with E-state index in [-0.39, 0.29) is 30.9 Å². The number of para-hydroxylation sites is 1. The Hall–Kier alpha value is -3.29. The van der Waals surface area contributed by atoms with Crippen LogP contribution in [0.25, 0.3) is 0 Å². The zero-order chi connectivity index (χ0) is 21.5. The normalized spacial score (nSPS) is 15.6. The van der Waals surface area contributed by atoms with Crippen LogP contribution in [-0.2, 0) is 11.3 Å². The van der Waals surface area contributed by atoms with Gasteiger partial charge in [-0.05, 0) is 23.8 Å². The zero-order valence-electron chi connectivity index (χ0n) is 17.4. The molecule has 160 valence electrons. The Morgan fingerprint density at radius 1 is 1.30 bits per heavy atom. The lowest BCUT2D eigenvalue weighted by molar-refractivity contribution is -0.127. The molecule has 0 radical (unpaired) electrons. The van der Waals surface area contributed by atoms with E-state index in [2.05, 4.69) is 15.6 Å². The molecular weight excluding hydrogens is 387 g/mol. The molecule has 2 aromatic carbocycles. The molecule has 0 fully saturated rings. The Kier molecular flexibility index (Phi) is 7.11. The van der Waals surface area contributed by atoms with Gasteiger partial charge in [0.25, 0.3) is 0 Å². The van der Waals surface area contributed by atoms with E-state index in [0.29, 0.717) is 23.9 Å². The Morgan fingerprint density at radius 2 is 2.10 bits per heavy atom. The van der Waals surface area contributed by atoms with E-state index in [1.807, 2.05) is 24.3 Å². The van der Waals surface area contributed by atoms with Crippen LogP contribution in [0.15, 0.2) is 47.5 Å². The second-order valence-electron chi connectivity index (χ2n) is 7.18. The summed E-state index contributed by atoms with van der Waals surface area (Å²) in [7, 11) is 4.88. The van der Waals surface area contributed by atoms with Crippen molar-refractivity contribution < 1.29 is 18.7 Å². The SMILES string of the molecule is COc1cc(F)cc(CN=C(NCC(=O)N(C)C)NC2CCOc3ccccc32)c1. The third-order valence-corrected chi connectivity index (χ3v) is 4.76. The van der Waals surface area contributed by atoms with Crippen LogP contribution < -0.4 is 20.1 Å². The lowest BCUT2D eigenvalue weighted by atomic mass is 10.0.